The van der Waals surface area contributed by atoms with Crippen LogP contribution in [0.5, 0.6) is 0 Å². The molecule has 2 heterocycles. The van der Waals surface area contributed by atoms with Crippen LogP contribution in [0.3, 0.4) is 0 Å². The van der Waals surface area contributed by atoms with Crippen LogP contribution in [0.15, 0.2) is 41.1 Å². The zero-order valence-electron chi connectivity index (χ0n) is 14.3. The van der Waals surface area contributed by atoms with Crippen molar-refractivity contribution in [2.45, 2.75) is 25.4 Å². The van der Waals surface area contributed by atoms with E-state index in [2.05, 4.69) is 15.4 Å². The van der Waals surface area contributed by atoms with Crippen molar-refractivity contribution in [2.24, 2.45) is 0 Å². The van der Waals surface area contributed by atoms with E-state index in [1.807, 2.05) is 25.3 Å². The summed E-state index contributed by atoms with van der Waals surface area (Å²) in [4.78, 5) is 16.1. The Hall–Kier alpha value is -2.82. The molecule has 1 atom stereocenters. The molecule has 0 saturated heterocycles. The highest BCUT2D eigenvalue weighted by molar-refractivity contribution is 6.32. The van der Waals surface area contributed by atoms with E-state index in [0.717, 1.165) is 11.3 Å². The summed E-state index contributed by atoms with van der Waals surface area (Å²) in [7, 11) is 0. The first-order chi connectivity index (χ1) is 13.0. The molecule has 0 aliphatic carbocycles. The van der Waals surface area contributed by atoms with E-state index in [1.54, 1.807) is 22.9 Å². The molecule has 0 saturated carbocycles. The van der Waals surface area contributed by atoms with Gasteiger partial charge in [-0.25, -0.2) is 4.98 Å². The van der Waals surface area contributed by atoms with Gasteiger partial charge in [0, 0.05) is 17.8 Å². The maximum absolute atomic E-state index is 12.2. The molecule has 0 fully saturated rings. The number of hydrogen-bond acceptors (Lipinski definition) is 5. The fourth-order valence-corrected chi connectivity index (χ4v) is 2.83. The topological polar surface area (TPSA) is 96.7 Å². The van der Waals surface area contributed by atoms with Crippen molar-refractivity contribution >= 4 is 29.1 Å². The average Bonchev–Trinajstić information content (AvgIpc) is 3.30. The number of hydrogen-bond donors (Lipinski definition) is 1. The number of benzene rings is 1. The molecule has 0 aliphatic heterocycles. The molecule has 3 aromatic rings. The summed E-state index contributed by atoms with van der Waals surface area (Å²) in [6.07, 6.45) is 3.09. The zero-order valence-corrected chi connectivity index (χ0v) is 15.8. The molecule has 1 N–H and O–H groups in total. The van der Waals surface area contributed by atoms with Gasteiger partial charge in [-0.2, -0.15) is 10.4 Å². The van der Waals surface area contributed by atoms with Crippen LogP contribution >= 0.6 is 23.2 Å². The summed E-state index contributed by atoms with van der Waals surface area (Å²) in [5, 5.41) is 16.7. The Bertz CT molecular complexity index is 1010. The second-order valence-electron chi connectivity index (χ2n) is 5.86. The highest BCUT2D eigenvalue weighted by Crippen LogP contribution is 2.24. The minimum absolute atomic E-state index is 0.109. The van der Waals surface area contributed by atoms with Crippen LogP contribution in [0.2, 0.25) is 5.02 Å². The zero-order chi connectivity index (χ0) is 19.4. The number of carbonyl (C=O) groups excluding carboxylic acids is 1. The van der Waals surface area contributed by atoms with Gasteiger partial charge < -0.3 is 9.73 Å². The molecule has 2 aromatic heterocycles. The quantitative estimate of drug-likeness (QED) is 0.633. The fourth-order valence-electron chi connectivity index (χ4n) is 2.48. The normalized spacial score (nSPS) is 11.8. The van der Waals surface area contributed by atoms with Gasteiger partial charge in [0.25, 0.3) is 5.91 Å². The van der Waals surface area contributed by atoms with Crippen LogP contribution in [0.1, 0.15) is 28.9 Å². The van der Waals surface area contributed by atoms with Crippen LogP contribution < -0.4 is 5.32 Å². The van der Waals surface area contributed by atoms with Crippen LogP contribution in [0.4, 0.5) is 0 Å². The number of alkyl halides is 1. The number of amides is 1. The first-order valence-corrected chi connectivity index (χ1v) is 8.96. The molecular weight excluding hydrogens is 389 g/mol. The van der Waals surface area contributed by atoms with Crippen LogP contribution in [-0.2, 0) is 12.4 Å². The Morgan fingerprint density at radius 3 is 2.93 bits per heavy atom. The van der Waals surface area contributed by atoms with E-state index >= 15 is 0 Å². The molecule has 0 spiro atoms. The van der Waals surface area contributed by atoms with Gasteiger partial charge >= 0.3 is 0 Å². The summed E-state index contributed by atoms with van der Waals surface area (Å²) >= 11 is 11.7. The molecule has 1 aromatic carbocycles. The number of oxazole rings is 1. The standard InChI is InChI=1S/C18H15Cl2N5O2/c1-11(22-18(26)16-10-27-17(7-19)23-16)9-25-5-4-15(24-25)12-2-3-13(8-21)14(20)6-12/h2-6,10-11H,7,9H2,1H3,(H,22,26)/t11-/m0/s1. The summed E-state index contributed by atoms with van der Waals surface area (Å²) < 4.78 is 6.78. The van der Waals surface area contributed by atoms with Crippen molar-refractivity contribution in [2.75, 3.05) is 0 Å². The Balaban J connectivity index is 1.64. The first kappa shape index (κ1) is 19.0. The number of nitriles is 1. The molecule has 7 nitrogen and oxygen atoms in total. The number of nitrogens with zero attached hydrogens (tertiary/aromatic N) is 4. The Morgan fingerprint density at radius 2 is 2.26 bits per heavy atom. The average molecular weight is 404 g/mol. The van der Waals surface area contributed by atoms with Gasteiger partial charge in [-0.05, 0) is 25.1 Å². The van der Waals surface area contributed by atoms with Crippen LogP contribution in [0, 0.1) is 11.3 Å². The molecular formula is C18H15Cl2N5O2. The number of halogens is 2. The smallest absolute Gasteiger partial charge is 0.273 e. The van der Waals surface area contributed by atoms with Crippen molar-refractivity contribution in [1.29, 1.82) is 5.26 Å². The lowest BCUT2D eigenvalue weighted by Gasteiger charge is -2.12. The van der Waals surface area contributed by atoms with Crippen molar-refractivity contribution in [3.8, 4) is 17.3 Å². The van der Waals surface area contributed by atoms with E-state index in [9.17, 15) is 4.79 Å². The molecule has 0 unspecified atom stereocenters. The molecule has 0 aliphatic rings. The summed E-state index contributed by atoms with van der Waals surface area (Å²) in [5.74, 6) is 0.0688. The number of rotatable bonds is 6. The van der Waals surface area contributed by atoms with Gasteiger partial charge in [0.15, 0.2) is 5.69 Å². The predicted molar refractivity (Wildman–Crippen MR) is 100 cm³/mol. The third kappa shape index (κ3) is 4.48. The minimum atomic E-state index is -0.339. The Morgan fingerprint density at radius 1 is 1.44 bits per heavy atom. The molecule has 0 radical (unpaired) electrons. The predicted octanol–water partition coefficient (Wildman–Crippen LogP) is 3.62. The maximum atomic E-state index is 12.2. The molecule has 9 heteroatoms. The molecule has 138 valence electrons. The summed E-state index contributed by atoms with van der Waals surface area (Å²) in [5.41, 5.74) is 2.14. The Kier molecular flexibility index (Phi) is 5.79. The SMILES string of the molecule is C[C@@H](Cn1ccc(-c2ccc(C#N)c(Cl)c2)n1)NC(=O)c1coc(CCl)n1. The molecule has 1 amide bonds. The third-order valence-electron chi connectivity index (χ3n) is 3.76. The maximum Gasteiger partial charge on any atom is 0.273 e. The van der Waals surface area contributed by atoms with Gasteiger partial charge in [-0.1, -0.05) is 17.7 Å². The third-order valence-corrected chi connectivity index (χ3v) is 4.30. The van der Waals surface area contributed by atoms with Crippen molar-refractivity contribution in [1.82, 2.24) is 20.1 Å². The van der Waals surface area contributed by atoms with E-state index < -0.39 is 0 Å². The van der Waals surface area contributed by atoms with Gasteiger partial charge in [0.1, 0.15) is 12.3 Å². The highest BCUT2D eigenvalue weighted by atomic mass is 35.5. The van der Waals surface area contributed by atoms with Crippen LogP contribution in [0.25, 0.3) is 11.3 Å². The van der Waals surface area contributed by atoms with E-state index in [0.29, 0.717) is 23.0 Å². The molecule has 27 heavy (non-hydrogen) atoms. The van der Waals surface area contributed by atoms with Gasteiger partial charge in [0.2, 0.25) is 5.89 Å². The number of carbonyl (C=O) groups is 1. The van der Waals surface area contributed by atoms with Crippen molar-refractivity contribution < 1.29 is 9.21 Å². The second-order valence-corrected chi connectivity index (χ2v) is 6.54. The molecule has 0 bridgehead atoms. The van der Waals surface area contributed by atoms with E-state index in [1.165, 1.54) is 6.26 Å². The van der Waals surface area contributed by atoms with Gasteiger partial charge in [-0.15, -0.1) is 11.6 Å². The number of nitrogens with one attached hydrogen (secondary N) is 1. The van der Waals surface area contributed by atoms with E-state index in [-0.39, 0.29) is 23.5 Å². The first-order valence-electron chi connectivity index (χ1n) is 8.05. The Labute approximate surface area is 165 Å². The fraction of sp³-hybridized carbons (Fsp3) is 0.222. The summed E-state index contributed by atoms with van der Waals surface area (Å²) in [6.45, 7) is 2.33. The highest BCUT2D eigenvalue weighted by Gasteiger charge is 2.15. The lowest BCUT2D eigenvalue weighted by Crippen LogP contribution is -2.36. The monoisotopic (exact) mass is 403 g/mol. The van der Waals surface area contributed by atoms with Gasteiger partial charge in [0.05, 0.1) is 28.7 Å². The second kappa shape index (κ2) is 8.25. The minimum Gasteiger partial charge on any atom is -0.447 e. The van der Waals surface area contributed by atoms with E-state index in [4.69, 9.17) is 32.9 Å². The van der Waals surface area contributed by atoms with Crippen molar-refractivity contribution in [3.63, 3.8) is 0 Å². The molecule has 3 rings (SSSR count). The largest absolute Gasteiger partial charge is 0.447 e. The summed E-state index contributed by atoms with van der Waals surface area (Å²) in [6, 6.07) is 8.84. The van der Waals surface area contributed by atoms with Crippen molar-refractivity contribution in [3.05, 3.63) is 58.9 Å². The lowest BCUT2D eigenvalue weighted by atomic mass is 10.1. The lowest BCUT2D eigenvalue weighted by molar-refractivity contribution is 0.0931. The van der Waals surface area contributed by atoms with Gasteiger partial charge in [-0.3, -0.25) is 9.48 Å². The number of aromatic nitrogens is 3. The van der Waals surface area contributed by atoms with Crippen LogP contribution in [-0.4, -0.2) is 26.7 Å².